The highest BCUT2D eigenvalue weighted by molar-refractivity contribution is 6.21. The fourth-order valence-corrected chi connectivity index (χ4v) is 2.53. The molecule has 0 aromatic heterocycles. The van der Waals surface area contributed by atoms with E-state index in [1.165, 1.54) is 4.90 Å². The zero-order valence-corrected chi connectivity index (χ0v) is 19.8. The first-order valence-electron chi connectivity index (χ1n) is 10.9. The van der Waals surface area contributed by atoms with Crippen LogP contribution in [0, 0.1) is 0 Å². The molecule has 1 aliphatic heterocycles. The van der Waals surface area contributed by atoms with Crippen molar-refractivity contribution < 1.29 is 19.5 Å². The van der Waals surface area contributed by atoms with Gasteiger partial charge in [0.05, 0.1) is 11.1 Å². The quantitative estimate of drug-likeness (QED) is 0.477. The summed E-state index contributed by atoms with van der Waals surface area (Å²) < 4.78 is 0. The molecule has 2 amide bonds. The SMILES string of the molecule is C=O.CC.CNC(C)(C)C.O=C1c2ccccc2C(=O)N1CCCCCCCCO. The summed E-state index contributed by atoms with van der Waals surface area (Å²) in [5, 5.41) is 11.8. The third kappa shape index (κ3) is 11.8. The average Bonchev–Trinajstić information content (AvgIpc) is 3.01. The van der Waals surface area contributed by atoms with Crippen LogP contribution in [0.2, 0.25) is 0 Å². The molecule has 0 unspecified atom stereocenters. The maximum atomic E-state index is 12.1. The molecule has 6 nitrogen and oxygen atoms in total. The fourth-order valence-electron chi connectivity index (χ4n) is 2.53. The third-order valence-electron chi connectivity index (χ3n) is 4.42. The summed E-state index contributed by atoms with van der Waals surface area (Å²) in [4.78, 5) is 33.5. The number of amides is 2. The molecule has 1 aromatic rings. The van der Waals surface area contributed by atoms with Crippen LogP contribution in [-0.4, -0.2) is 54.3 Å². The predicted octanol–water partition coefficient (Wildman–Crippen LogP) is 4.46. The van der Waals surface area contributed by atoms with E-state index in [-0.39, 0.29) is 18.4 Å². The van der Waals surface area contributed by atoms with Gasteiger partial charge in [-0.25, -0.2) is 0 Å². The number of aliphatic hydroxyl groups excluding tert-OH is 1. The number of carbonyl (C=O) groups is 3. The lowest BCUT2D eigenvalue weighted by atomic mass is 10.1. The van der Waals surface area contributed by atoms with Gasteiger partial charge in [-0.05, 0) is 52.8 Å². The molecule has 0 fully saturated rings. The highest BCUT2D eigenvalue weighted by Crippen LogP contribution is 2.22. The Morgan fingerprint density at radius 2 is 1.23 bits per heavy atom. The number of aliphatic hydroxyl groups is 1. The number of hydrogen-bond donors (Lipinski definition) is 2. The Balaban J connectivity index is 0. The molecular weight excluding hydrogens is 380 g/mol. The van der Waals surface area contributed by atoms with Crippen LogP contribution in [0.15, 0.2) is 24.3 Å². The van der Waals surface area contributed by atoms with Gasteiger partial charge in [0.25, 0.3) is 11.8 Å². The molecule has 0 spiro atoms. The Hall–Kier alpha value is -2.05. The summed E-state index contributed by atoms with van der Waals surface area (Å²) in [5.74, 6) is -0.322. The first-order valence-corrected chi connectivity index (χ1v) is 10.9. The van der Waals surface area contributed by atoms with Gasteiger partial charge in [0.1, 0.15) is 6.79 Å². The molecule has 0 atom stereocenters. The lowest BCUT2D eigenvalue weighted by Crippen LogP contribution is -2.31. The number of nitrogens with one attached hydrogen (secondary N) is 1. The van der Waals surface area contributed by atoms with Gasteiger partial charge < -0.3 is 15.2 Å². The van der Waals surface area contributed by atoms with E-state index in [2.05, 4.69) is 26.1 Å². The Morgan fingerprint density at radius 1 is 0.867 bits per heavy atom. The molecule has 0 radical (unpaired) electrons. The second kappa shape index (κ2) is 17.8. The molecular formula is C24H42N2O4. The molecule has 1 aliphatic rings. The van der Waals surface area contributed by atoms with Crippen molar-refractivity contribution in [3.63, 3.8) is 0 Å². The van der Waals surface area contributed by atoms with Crippen molar-refractivity contribution in [1.82, 2.24) is 10.2 Å². The molecule has 30 heavy (non-hydrogen) atoms. The Morgan fingerprint density at radius 3 is 1.60 bits per heavy atom. The Kier molecular flexibility index (Phi) is 17.9. The van der Waals surface area contributed by atoms with Gasteiger partial charge in [0.2, 0.25) is 0 Å². The van der Waals surface area contributed by atoms with Gasteiger partial charge in [-0.2, -0.15) is 0 Å². The second-order valence-electron chi connectivity index (χ2n) is 7.65. The number of unbranched alkanes of at least 4 members (excludes halogenated alkanes) is 5. The van der Waals surface area contributed by atoms with Gasteiger partial charge in [-0.1, -0.05) is 51.7 Å². The summed E-state index contributed by atoms with van der Waals surface area (Å²) >= 11 is 0. The van der Waals surface area contributed by atoms with Crippen molar-refractivity contribution in [2.45, 2.75) is 78.7 Å². The fraction of sp³-hybridized carbons (Fsp3) is 0.625. The van der Waals surface area contributed by atoms with E-state index in [0.717, 1.165) is 38.5 Å². The minimum Gasteiger partial charge on any atom is -0.396 e. The standard InChI is InChI=1S/C16H21NO3.C5H13N.C2H6.CH2O/c18-12-8-4-2-1-3-7-11-17-15(19)13-9-5-6-10-14(13)16(17)20;1-5(2,3)6-4;2*1-2/h5-6,9-10,18H,1-4,7-8,11-12H2;6H,1-4H3;1-2H3;1H2. The molecule has 1 heterocycles. The van der Waals surface area contributed by atoms with Crippen LogP contribution >= 0.6 is 0 Å². The number of hydrogen-bond acceptors (Lipinski definition) is 5. The van der Waals surface area contributed by atoms with Gasteiger partial charge in [-0.3, -0.25) is 14.5 Å². The largest absolute Gasteiger partial charge is 0.396 e. The topological polar surface area (TPSA) is 86.7 Å². The zero-order chi connectivity index (χ0) is 23.6. The monoisotopic (exact) mass is 422 g/mol. The number of rotatable bonds is 8. The molecule has 0 saturated heterocycles. The smallest absolute Gasteiger partial charge is 0.261 e. The van der Waals surface area contributed by atoms with Crippen LogP contribution < -0.4 is 5.32 Å². The van der Waals surface area contributed by atoms with E-state index in [1.54, 1.807) is 24.3 Å². The van der Waals surface area contributed by atoms with Crippen molar-refractivity contribution in [1.29, 1.82) is 0 Å². The lowest BCUT2D eigenvalue weighted by molar-refractivity contribution is -0.0980. The molecule has 1 aromatic carbocycles. The summed E-state index contributed by atoms with van der Waals surface area (Å²) in [6.07, 6.45) is 5.96. The number of carbonyl (C=O) groups excluding carboxylic acids is 3. The van der Waals surface area contributed by atoms with Crippen LogP contribution in [0.1, 0.15) is 93.9 Å². The normalized spacial score (nSPS) is 12.0. The van der Waals surface area contributed by atoms with Crippen LogP contribution in [0.4, 0.5) is 0 Å². The van der Waals surface area contributed by atoms with Crippen LogP contribution in [0.5, 0.6) is 0 Å². The Labute approximate surface area is 183 Å². The molecule has 0 bridgehead atoms. The summed E-state index contributed by atoms with van der Waals surface area (Å²) in [6.45, 7) is 13.2. The Bertz CT molecular complexity index is 562. The van der Waals surface area contributed by atoms with E-state index < -0.39 is 0 Å². The minimum absolute atomic E-state index is 0.161. The van der Waals surface area contributed by atoms with Crippen LogP contribution in [-0.2, 0) is 4.79 Å². The van der Waals surface area contributed by atoms with Crippen molar-refractivity contribution in [3.8, 4) is 0 Å². The molecule has 0 aliphatic carbocycles. The molecule has 172 valence electrons. The van der Waals surface area contributed by atoms with Crippen LogP contribution in [0.25, 0.3) is 0 Å². The van der Waals surface area contributed by atoms with Gasteiger partial charge in [0.15, 0.2) is 0 Å². The highest BCUT2D eigenvalue weighted by Gasteiger charge is 2.34. The van der Waals surface area contributed by atoms with Gasteiger partial charge in [0, 0.05) is 18.7 Å². The van der Waals surface area contributed by atoms with Gasteiger partial charge in [-0.15, -0.1) is 0 Å². The second-order valence-corrected chi connectivity index (χ2v) is 7.65. The molecule has 6 heteroatoms. The van der Waals surface area contributed by atoms with Crippen LogP contribution in [0.3, 0.4) is 0 Å². The number of benzene rings is 1. The molecule has 2 rings (SSSR count). The maximum Gasteiger partial charge on any atom is 0.261 e. The van der Waals surface area contributed by atoms with E-state index in [0.29, 0.717) is 23.2 Å². The lowest BCUT2D eigenvalue weighted by Gasteiger charge is -2.15. The molecule has 0 saturated carbocycles. The van der Waals surface area contributed by atoms with E-state index in [9.17, 15) is 9.59 Å². The van der Waals surface area contributed by atoms with Crippen molar-refractivity contribution in [3.05, 3.63) is 35.4 Å². The number of nitrogens with zero attached hydrogens (tertiary/aromatic N) is 1. The summed E-state index contributed by atoms with van der Waals surface area (Å²) in [6, 6.07) is 7.00. The summed E-state index contributed by atoms with van der Waals surface area (Å²) in [7, 11) is 1.96. The third-order valence-corrected chi connectivity index (χ3v) is 4.42. The minimum atomic E-state index is -0.161. The van der Waals surface area contributed by atoms with Gasteiger partial charge >= 0.3 is 0 Å². The zero-order valence-electron chi connectivity index (χ0n) is 19.8. The maximum absolute atomic E-state index is 12.1. The number of imide groups is 1. The average molecular weight is 423 g/mol. The summed E-state index contributed by atoms with van der Waals surface area (Å²) in [5.41, 5.74) is 1.35. The molecule has 2 N–H and O–H groups in total. The van der Waals surface area contributed by atoms with Crippen molar-refractivity contribution in [2.24, 2.45) is 0 Å². The van der Waals surface area contributed by atoms with Crippen molar-refractivity contribution >= 4 is 18.6 Å². The predicted molar refractivity (Wildman–Crippen MR) is 124 cm³/mol. The highest BCUT2D eigenvalue weighted by atomic mass is 16.3. The first kappa shape index (κ1) is 30.1. The number of fused-ring (bicyclic) bond motifs is 1. The van der Waals surface area contributed by atoms with E-state index in [1.807, 2.05) is 27.7 Å². The van der Waals surface area contributed by atoms with E-state index >= 15 is 0 Å². The van der Waals surface area contributed by atoms with E-state index in [4.69, 9.17) is 9.90 Å². The first-order chi connectivity index (χ1) is 14.3. The van der Waals surface area contributed by atoms with Crippen molar-refractivity contribution in [2.75, 3.05) is 20.2 Å².